The zero-order chi connectivity index (χ0) is 17.0. The molecule has 1 aromatic rings. The van der Waals surface area contributed by atoms with Crippen LogP contribution in [0, 0.1) is 23.7 Å². The van der Waals surface area contributed by atoms with Crippen LogP contribution in [0.5, 0.6) is 0 Å². The van der Waals surface area contributed by atoms with E-state index >= 15 is 0 Å². The molecular formula is C18H23N3O2. The number of amides is 2. The van der Waals surface area contributed by atoms with Crippen LogP contribution in [0.3, 0.4) is 0 Å². The molecule has 0 saturated carbocycles. The summed E-state index contributed by atoms with van der Waals surface area (Å²) in [5.74, 6) is -0.161. The maximum Gasteiger partial charge on any atom is 0.253 e. The van der Waals surface area contributed by atoms with Crippen LogP contribution < -0.4 is 5.32 Å². The van der Waals surface area contributed by atoms with Gasteiger partial charge in [0, 0.05) is 30.8 Å². The number of likely N-dealkylation sites (tertiary alicyclic amines) is 1. The fourth-order valence-electron chi connectivity index (χ4n) is 2.81. The Kier molecular flexibility index (Phi) is 5.05. The highest BCUT2D eigenvalue weighted by Gasteiger charge is 2.33. The third-order valence-electron chi connectivity index (χ3n) is 4.33. The van der Waals surface area contributed by atoms with E-state index in [1.54, 1.807) is 24.0 Å². The lowest BCUT2D eigenvalue weighted by Gasteiger charge is -2.36. The minimum Gasteiger partial charge on any atom is -0.337 e. The summed E-state index contributed by atoms with van der Waals surface area (Å²) >= 11 is 0. The average molecular weight is 313 g/mol. The minimum atomic E-state index is -0.474. The van der Waals surface area contributed by atoms with Crippen molar-refractivity contribution in [3.05, 3.63) is 29.3 Å². The molecule has 1 aliphatic rings. The summed E-state index contributed by atoms with van der Waals surface area (Å²) in [5, 5.41) is 12.1. The number of carbonyl (C=O) groups is 2. The highest BCUT2D eigenvalue weighted by atomic mass is 16.2. The van der Waals surface area contributed by atoms with Crippen LogP contribution in [0.1, 0.15) is 49.0 Å². The number of aryl methyl sites for hydroxylation is 1. The second-order valence-electron chi connectivity index (χ2n) is 6.43. The number of hydrogen-bond donors (Lipinski definition) is 1. The Morgan fingerprint density at radius 2 is 2.17 bits per heavy atom. The molecule has 1 saturated heterocycles. The van der Waals surface area contributed by atoms with Gasteiger partial charge in [-0.25, -0.2) is 0 Å². The van der Waals surface area contributed by atoms with Gasteiger partial charge in [0.15, 0.2) is 0 Å². The number of piperidine rings is 1. The summed E-state index contributed by atoms with van der Waals surface area (Å²) < 4.78 is 0. The number of benzene rings is 1. The first-order chi connectivity index (χ1) is 10.9. The maximum atomic E-state index is 12.7. The van der Waals surface area contributed by atoms with E-state index in [0.717, 1.165) is 18.4 Å². The van der Waals surface area contributed by atoms with Crippen LogP contribution in [-0.4, -0.2) is 29.8 Å². The quantitative estimate of drug-likeness (QED) is 0.932. The molecular weight excluding hydrogens is 290 g/mol. The molecule has 1 atom stereocenters. The number of carbonyl (C=O) groups excluding carboxylic acids is 2. The summed E-state index contributed by atoms with van der Waals surface area (Å²) in [4.78, 5) is 26.1. The van der Waals surface area contributed by atoms with Gasteiger partial charge in [0.25, 0.3) is 5.91 Å². The first kappa shape index (κ1) is 17.0. The molecule has 0 bridgehead atoms. The van der Waals surface area contributed by atoms with Crippen molar-refractivity contribution in [2.45, 2.75) is 40.0 Å². The fraction of sp³-hybridized carbons (Fsp3) is 0.500. The largest absolute Gasteiger partial charge is 0.337 e. The van der Waals surface area contributed by atoms with Crippen molar-refractivity contribution in [1.29, 1.82) is 5.26 Å². The standard InChI is InChI=1S/C18H23N3O2/c1-4-16(22)20-15-10-14(7-6-13(15)2)17(23)21-9-5-8-18(3,11-19)12-21/h6-7,10H,4-5,8-9,12H2,1-3H3,(H,20,22). The smallest absolute Gasteiger partial charge is 0.253 e. The molecule has 1 fully saturated rings. The van der Waals surface area contributed by atoms with E-state index in [0.29, 0.717) is 30.8 Å². The van der Waals surface area contributed by atoms with Crippen LogP contribution in [-0.2, 0) is 4.79 Å². The van der Waals surface area contributed by atoms with Crippen molar-refractivity contribution in [1.82, 2.24) is 4.90 Å². The lowest BCUT2D eigenvalue weighted by molar-refractivity contribution is -0.115. The number of anilines is 1. The molecule has 5 nitrogen and oxygen atoms in total. The maximum absolute atomic E-state index is 12.7. The Labute approximate surface area is 137 Å². The zero-order valence-electron chi connectivity index (χ0n) is 14.0. The molecule has 0 radical (unpaired) electrons. The van der Waals surface area contributed by atoms with E-state index in [-0.39, 0.29) is 11.8 Å². The van der Waals surface area contributed by atoms with Crippen LogP contribution in [0.15, 0.2) is 18.2 Å². The molecule has 122 valence electrons. The molecule has 1 aromatic carbocycles. The van der Waals surface area contributed by atoms with Gasteiger partial charge in [-0.05, 0) is 44.4 Å². The van der Waals surface area contributed by atoms with E-state index in [9.17, 15) is 14.9 Å². The van der Waals surface area contributed by atoms with Gasteiger partial charge in [0.1, 0.15) is 0 Å². The van der Waals surface area contributed by atoms with Gasteiger partial charge in [-0.3, -0.25) is 9.59 Å². The average Bonchev–Trinajstić information content (AvgIpc) is 2.56. The van der Waals surface area contributed by atoms with Crippen LogP contribution >= 0.6 is 0 Å². The first-order valence-electron chi connectivity index (χ1n) is 7.99. The van der Waals surface area contributed by atoms with Crippen molar-refractivity contribution >= 4 is 17.5 Å². The van der Waals surface area contributed by atoms with Gasteiger partial charge < -0.3 is 10.2 Å². The normalized spacial score (nSPS) is 20.7. The van der Waals surface area contributed by atoms with E-state index in [1.807, 2.05) is 19.9 Å². The van der Waals surface area contributed by atoms with E-state index in [2.05, 4.69) is 11.4 Å². The molecule has 23 heavy (non-hydrogen) atoms. The predicted molar refractivity (Wildman–Crippen MR) is 89.0 cm³/mol. The molecule has 0 aromatic heterocycles. The highest BCUT2D eigenvalue weighted by molar-refractivity contribution is 5.97. The van der Waals surface area contributed by atoms with Crippen molar-refractivity contribution in [2.75, 3.05) is 18.4 Å². The summed E-state index contributed by atoms with van der Waals surface area (Å²) in [6.45, 7) is 6.70. The van der Waals surface area contributed by atoms with Gasteiger partial charge in [0.05, 0.1) is 11.5 Å². The van der Waals surface area contributed by atoms with Gasteiger partial charge in [0.2, 0.25) is 5.91 Å². The molecule has 1 N–H and O–H groups in total. The first-order valence-corrected chi connectivity index (χ1v) is 7.99. The Bertz CT molecular complexity index is 663. The topological polar surface area (TPSA) is 73.2 Å². The van der Waals surface area contributed by atoms with Gasteiger partial charge in [-0.15, -0.1) is 0 Å². The molecule has 0 spiro atoms. The Morgan fingerprint density at radius 3 is 2.83 bits per heavy atom. The van der Waals surface area contributed by atoms with Crippen LogP contribution in [0.2, 0.25) is 0 Å². The number of nitriles is 1. The predicted octanol–water partition coefficient (Wildman–Crippen LogP) is 3.11. The van der Waals surface area contributed by atoms with Gasteiger partial charge >= 0.3 is 0 Å². The number of nitrogens with one attached hydrogen (secondary N) is 1. The van der Waals surface area contributed by atoms with Crippen LogP contribution in [0.4, 0.5) is 5.69 Å². The Hall–Kier alpha value is -2.35. The molecule has 2 amide bonds. The molecule has 1 aliphatic heterocycles. The van der Waals surface area contributed by atoms with Crippen molar-refractivity contribution in [3.8, 4) is 6.07 Å². The lowest BCUT2D eigenvalue weighted by Crippen LogP contribution is -2.44. The van der Waals surface area contributed by atoms with Crippen molar-refractivity contribution < 1.29 is 9.59 Å². The highest BCUT2D eigenvalue weighted by Crippen LogP contribution is 2.29. The number of nitrogens with zero attached hydrogens (tertiary/aromatic N) is 2. The summed E-state index contributed by atoms with van der Waals surface area (Å²) in [7, 11) is 0. The fourth-order valence-corrected chi connectivity index (χ4v) is 2.81. The molecule has 0 aliphatic carbocycles. The van der Waals surface area contributed by atoms with Crippen molar-refractivity contribution in [2.24, 2.45) is 5.41 Å². The second-order valence-corrected chi connectivity index (χ2v) is 6.43. The molecule has 5 heteroatoms. The third-order valence-corrected chi connectivity index (χ3v) is 4.33. The molecule has 1 unspecified atom stereocenters. The minimum absolute atomic E-state index is 0.0762. The summed E-state index contributed by atoms with van der Waals surface area (Å²) in [6.07, 6.45) is 2.05. The Balaban J connectivity index is 2.21. The van der Waals surface area contributed by atoms with Crippen LogP contribution in [0.25, 0.3) is 0 Å². The van der Waals surface area contributed by atoms with E-state index in [4.69, 9.17) is 0 Å². The second kappa shape index (κ2) is 6.82. The number of hydrogen-bond acceptors (Lipinski definition) is 3. The summed E-state index contributed by atoms with van der Waals surface area (Å²) in [6, 6.07) is 7.66. The third kappa shape index (κ3) is 3.89. The zero-order valence-corrected chi connectivity index (χ0v) is 14.0. The number of rotatable bonds is 3. The van der Waals surface area contributed by atoms with Crippen molar-refractivity contribution in [3.63, 3.8) is 0 Å². The van der Waals surface area contributed by atoms with Gasteiger partial charge in [-0.1, -0.05) is 13.0 Å². The lowest BCUT2D eigenvalue weighted by atomic mass is 9.83. The van der Waals surface area contributed by atoms with E-state index in [1.165, 1.54) is 0 Å². The van der Waals surface area contributed by atoms with Gasteiger partial charge in [-0.2, -0.15) is 5.26 Å². The molecule has 1 heterocycles. The molecule has 2 rings (SSSR count). The summed E-state index contributed by atoms with van der Waals surface area (Å²) in [5.41, 5.74) is 1.66. The monoisotopic (exact) mass is 313 g/mol. The SMILES string of the molecule is CCC(=O)Nc1cc(C(=O)N2CCCC(C)(C#N)C2)ccc1C. The van der Waals surface area contributed by atoms with E-state index < -0.39 is 5.41 Å². The Morgan fingerprint density at radius 1 is 1.43 bits per heavy atom.